The van der Waals surface area contributed by atoms with Crippen LogP contribution in [0.15, 0.2) is 18.2 Å². The summed E-state index contributed by atoms with van der Waals surface area (Å²) in [5.74, 6) is 3.73. The van der Waals surface area contributed by atoms with Crippen molar-refractivity contribution in [3.8, 4) is 0 Å². The number of rotatable bonds is 4. The molecule has 110 valence electrons. The minimum Gasteiger partial charge on any atom is -0.358 e. The second-order valence-corrected chi connectivity index (χ2v) is 3.76. The highest BCUT2D eigenvalue weighted by Gasteiger charge is 2.34. The van der Waals surface area contributed by atoms with Gasteiger partial charge < -0.3 is 16.1 Å². The van der Waals surface area contributed by atoms with E-state index in [4.69, 9.17) is 5.84 Å². The Balaban J connectivity index is 2.97. The van der Waals surface area contributed by atoms with Crippen LogP contribution in [-0.2, 0) is 11.0 Å². The predicted octanol–water partition coefficient (Wildman–Crippen LogP) is 0.467. The molecule has 0 bridgehead atoms. The lowest BCUT2D eigenvalue weighted by atomic mass is 10.1. The van der Waals surface area contributed by atoms with E-state index in [9.17, 15) is 22.8 Å². The van der Waals surface area contributed by atoms with Crippen LogP contribution in [0.5, 0.6) is 0 Å². The molecule has 0 saturated heterocycles. The van der Waals surface area contributed by atoms with Gasteiger partial charge in [-0.1, -0.05) is 0 Å². The van der Waals surface area contributed by atoms with Crippen LogP contribution in [0, 0.1) is 0 Å². The molecule has 0 aliphatic carbocycles. The maximum Gasteiger partial charge on any atom is 0.418 e. The van der Waals surface area contributed by atoms with Crippen molar-refractivity contribution < 1.29 is 22.8 Å². The fourth-order valence-electron chi connectivity index (χ4n) is 1.40. The summed E-state index contributed by atoms with van der Waals surface area (Å²) < 4.78 is 38.3. The number of hydrogen-bond acceptors (Lipinski definition) is 4. The molecule has 0 heterocycles. The van der Waals surface area contributed by atoms with Crippen LogP contribution in [-0.4, -0.2) is 25.4 Å². The number of halogens is 3. The molecule has 20 heavy (non-hydrogen) atoms. The Kier molecular flexibility index (Phi) is 4.92. The van der Waals surface area contributed by atoms with Gasteiger partial charge in [0.2, 0.25) is 5.91 Å². The highest BCUT2D eigenvalue weighted by Crippen LogP contribution is 2.35. The van der Waals surface area contributed by atoms with E-state index < -0.39 is 23.6 Å². The second-order valence-electron chi connectivity index (χ2n) is 3.76. The number of nitrogens with one attached hydrogen (secondary N) is 3. The quantitative estimate of drug-likeness (QED) is 0.478. The number of benzene rings is 1. The van der Waals surface area contributed by atoms with Crippen molar-refractivity contribution in [1.29, 1.82) is 0 Å². The van der Waals surface area contributed by atoms with E-state index in [0.29, 0.717) is 6.07 Å². The van der Waals surface area contributed by atoms with Crippen LogP contribution < -0.4 is 21.9 Å². The Hall–Kier alpha value is -2.29. The number of alkyl halides is 3. The van der Waals surface area contributed by atoms with Crippen molar-refractivity contribution in [3.63, 3.8) is 0 Å². The topological polar surface area (TPSA) is 96.2 Å². The molecule has 0 fully saturated rings. The average molecular weight is 290 g/mol. The largest absolute Gasteiger partial charge is 0.418 e. The number of anilines is 1. The van der Waals surface area contributed by atoms with Crippen molar-refractivity contribution in [2.24, 2.45) is 5.84 Å². The van der Waals surface area contributed by atoms with Gasteiger partial charge >= 0.3 is 6.18 Å². The highest BCUT2D eigenvalue weighted by molar-refractivity contribution is 5.97. The van der Waals surface area contributed by atoms with Crippen LogP contribution in [0.2, 0.25) is 0 Å². The van der Waals surface area contributed by atoms with Gasteiger partial charge in [-0.3, -0.25) is 15.4 Å². The van der Waals surface area contributed by atoms with E-state index in [-0.39, 0.29) is 17.8 Å². The van der Waals surface area contributed by atoms with E-state index in [1.807, 2.05) is 5.43 Å². The molecule has 0 aromatic heterocycles. The Morgan fingerprint density at radius 3 is 2.45 bits per heavy atom. The summed E-state index contributed by atoms with van der Waals surface area (Å²) in [5, 5.41) is 4.46. The summed E-state index contributed by atoms with van der Waals surface area (Å²) in [6.45, 7) is -0.326. The maximum absolute atomic E-state index is 12.8. The molecule has 0 aliphatic rings. The number of nitrogen functional groups attached to an aromatic ring is 1. The summed E-state index contributed by atoms with van der Waals surface area (Å²) in [5.41, 5.74) is 0.280. The number of carbonyl (C=O) groups is 2. The second kappa shape index (κ2) is 6.24. The minimum atomic E-state index is -4.65. The lowest BCUT2D eigenvalue weighted by Gasteiger charge is -2.13. The van der Waals surface area contributed by atoms with Crippen molar-refractivity contribution in [2.45, 2.75) is 6.18 Å². The zero-order chi connectivity index (χ0) is 15.3. The third-order valence-electron chi connectivity index (χ3n) is 2.43. The molecule has 1 aromatic carbocycles. The van der Waals surface area contributed by atoms with Gasteiger partial charge in [0.25, 0.3) is 5.91 Å². The molecule has 0 saturated carbocycles. The van der Waals surface area contributed by atoms with E-state index in [1.165, 1.54) is 13.1 Å². The van der Waals surface area contributed by atoms with Gasteiger partial charge in [0.05, 0.1) is 17.8 Å². The van der Waals surface area contributed by atoms with E-state index in [0.717, 1.165) is 6.07 Å². The zero-order valence-corrected chi connectivity index (χ0v) is 10.5. The Labute approximate surface area is 112 Å². The number of nitrogens with two attached hydrogens (primary N) is 1. The van der Waals surface area contributed by atoms with Crippen molar-refractivity contribution in [2.75, 3.05) is 19.0 Å². The van der Waals surface area contributed by atoms with Crippen molar-refractivity contribution >= 4 is 17.5 Å². The molecule has 6 nitrogen and oxygen atoms in total. The number of likely N-dealkylation sites (N-methyl/N-ethyl adjacent to an activating group) is 1. The van der Waals surface area contributed by atoms with Crippen LogP contribution in [0.3, 0.4) is 0 Å². The van der Waals surface area contributed by atoms with Crippen molar-refractivity contribution in [1.82, 2.24) is 10.6 Å². The molecule has 0 radical (unpaired) electrons. The van der Waals surface area contributed by atoms with Crippen LogP contribution in [0.25, 0.3) is 0 Å². The monoisotopic (exact) mass is 290 g/mol. The summed E-state index contributed by atoms with van der Waals surface area (Å²) >= 11 is 0. The highest BCUT2D eigenvalue weighted by atomic mass is 19.4. The Morgan fingerprint density at radius 1 is 1.30 bits per heavy atom. The molecule has 5 N–H and O–H groups in total. The standard InChI is InChI=1S/C11H13F3N4O2/c1-16-9(19)5-17-10(20)6-2-3-8(18-15)7(4-6)11(12,13)14/h2-4,18H,5,15H2,1H3,(H,16,19)(H,17,20). The minimum absolute atomic E-state index is 0.222. The zero-order valence-electron chi connectivity index (χ0n) is 10.5. The summed E-state index contributed by atoms with van der Waals surface area (Å²) in [7, 11) is 1.37. The van der Waals surface area contributed by atoms with Crippen LogP contribution in [0.1, 0.15) is 15.9 Å². The Morgan fingerprint density at radius 2 is 1.95 bits per heavy atom. The maximum atomic E-state index is 12.8. The van der Waals surface area contributed by atoms with E-state index >= 15 is 0 Å². The third-order valence-corrected chi connectivity index (χ3v) is 2.43. The van der Waals surface area contributed by atoms with Crippen LogP contribution >= 0.6 is 0 Å². The normalized spacial score (nSPS) is 10.8. The number of hydrogen-bond donors (Lipinski definition) is 4. The smallest absolute Gasteiger partial charge is 0.358 e. The van der Waals surface area contributed by atoms with Crippen LogP contribution in [0.4, 0.5) is 18.9 Å². The van der Waals surface area contributed by atoms with E-state index in [1.54, 1.807) is 0 Å². The average Bonchev–Trinajstić information content (AvgIpc) is 2.42. The molecule has 0 spiro atoms. The van der Waals surface area contributed by atoms with Gasteiger partial charge in [0.15, 0.2) is 0 Å². The molecule has 0 atom stereocenters. The molecule has 0 unspecified atom stereocenters. The van der Waals surface area contributed by atoms with Gasteiger partial charge in [0.1, 0.15) is 0 Å². The lowest BCUT2D eigenvalue weighted by molar-refractivity contribution is -0.137. The molecular weight excluding hydrogens is 277 g/mol. The predicted molar refractivity (Wildman–Crippen MR) is 65.7 cm³/mol. The molecule has 1 rings (SSSR count). The van der Waals surface area contributed by atoms with Gasteiger partial charge in [-0.25, -0.2) is 0 Å². The first-order valence-electron chi connectivity index (χ1n) is 5.46. The number of amides is 2. The Bertz CT molecular complexity index is 517. The summed E-state index contributed by atoms with van der Waals surface area (Å²) in [6, 6.07) is 2.87. The molecule has 2 amide bonds. The number of hydrazine groups is 1. The first kappa shape index (κ1) is 15.8. The van der Waals surface area contributed by atoms with Gasteiger partial charge in [-0.05, 0) is 18.2 Å². The fraction of sp³-hybridized carbons (Fsp3) is 0.273. The van der Waals surface area contributed by atoms with Gasteiger partial charge in [0, 0.05) is 12.6 Å². The molecule has 0 aliphatic heterocycles. The lowest BCUT2D eigenvalue weighted by Crippen LogP contribution is -2.35. The molecule has 1 aromatic rings. The third kappa shape index (κ3) is 3.85. The fourth-order valence-corrected chi connectivity index (χ4v) is 1.40. The first-order chi connectivity index (χ1) is 9.29. The molecule has 9 heteroatoms. The summed E-state index contributed by atoms with van der Waals surface area (Å²) in [6.07, 6.45) is -4.65. The van der Waals surface area contributed by atoms with Crippen molar-refractivity contribution in [3.05, 3.63) is 29.3 Å². The number of carbonyl (C=O) groups excluding carboxylic acids is 2. The van der Waals surface area contributed by atoms with Gasteiger partial charge in [-0.2, -0.15) is 13.2 Å². The SMILES string of the molecule is CNC(=O)CNC(=O)c1ccc(NN)c(C(F)(F)F)c1. The summed E-state index contributed by atoms with van der Waals surface area (Å²) in [4.78, 5) is 22.6. The molecular formula is C11H13F3N4O2. The van der Waals surface area contributed by atoms with E-state index in [2.05, 4.69) is 10.6 Å². The first-order valence-corrected chi connectivity index (χ1v) is 5.46. The van der Waals surface area contributed by atoms with Gasteiger partial charge in [-0.15, -0.1) is 0 Å².